The number of nitrogens with zero attached hydrogens (tertiary/aromatic N) is 4. The Morgan fingerprint density at radius 1 is 1.10 bits per heavy atom. The number of halogens is 1. The van der Waals surface area contributed by atoms with E-state index in [1.807, 2.05) is 0 Å². The van der Waals surface area contributed by atoms with Gasteiger partial charge in [-0.2, -0.15) is 0 Å². The summed E-state index contributed by atoms with van der Waals surface area (Å²) >= 11 is 2.39. The zero-order valence-corrected chi connectivity index (χ0v) is 23.1. The molecular weight excluding hydrogens is 551 g/mol. The Kier molecular flexibility index (Phi) is 8.51. The van der Waals surface area contributed by atoms with Crippen molar-refractivity contribution in [3.05, 3.63) is 101 Å². The van der Waals surface area contributed by atoms with Gasteiger partial charge in [-0.1, -0.05) is 66.8 Å². The van der Waals surface area contributed by atoms with Crippen molar-refractivity contribution < 1.29 is 23.8 Å². The number of aliphatic hydroxyl groups excluding tert-OH is 1. The van der Waals surface area contributed by atoms with Crippen molar-refractivity contribution in [3.63, 3.8) is 0 Å². The minimum Gasteiger partial charge on any atom is -0.507 e. The number of aliphatic hydroxyl groups is 1. The Labute approximate surface area is 238 Å². The van der Waals surface area contributed by atoms with E-state index in [2.05, 4.69) is 22.1 Å². The monoisotopic (exact) mass is 576 g/mol. The molecule has 2 aromatic carbocycles. The predicted octanol–water partition coefficient (Wildman–Crippen LogP) is 6.17. The smallest absolute Gasteiger partial charge is 0.301 e. The number of carbonyl (C=O) groups is 2. The summed E-state index contributed by atoms with van der Waals surface area (Å²) in [6, 6.07) is 15.7. The van der Waals surface area contributed by atoms with E-state index in [0.29, 0.717) is 39.1 Å². The first-order valence-electron chi connectivity index (χ1n) is 12.6. The topological polar surface area (TPSA) is 106 Å². The fourth-order valence-electron chi connectivity index (χ4n) is 4.23. The molecule has 4 aromatic rings. The van der Waals surface area contributed by atoms with Gasteiger partial charge in [0.2, 0.25) is 5.13 Å². The summed E-state index contributed by atoms with van der Waals surface area (Å²) in [5.41, 5.74) is 1.37. The number of hydrogen-bond donors (Lipinski definition) is 1. The first-order valence-corrected chi connectivity index (χ1v) is 14.4. The van der Waals surface area contributed by atoms with Crippen LogP contribution in [0.15, 0.2) is 83.0 Å². The Balaban J connectivity index is 1.53. The van der Waals surface area contributed by atoms with E-state index in [0.717, 1.165) is 24.2 Å². The zero-order valence-electron chi connectivity index (χ0n) is 21.5. The van der Waals surface area contributed by atoms with E-state index in [1.165, 1.54) is 35.1 Å². The maximum absolute atomic E-state index is 14.1. The number of amides is 1. The Bertz CT molecular complexity index is 1560. The molecule has 204 valence electrons. The summed E-state index contributed by atoms with van der Waals surface area (Å²) in [4.78, 5) is 32.0. The van der Waals surface area contributed by atoms with E-state index in [-0.39, 0.29) is 22.3 Å². The molecule has 0 bridgehead atoms. The van der Waals surface area contributed by atoms with Gasteiger partial charge in [-0.25, -0.2) is 4.39 Å². The van der Waals surface area contributed by atoms with E-state index in [1.54, 1.807) is 54.6 Å². The van der Waals surface area contributed by atoms with Crippen LogP contribution in [0.5, 0.6) is 5.75 Å². The molecule has 8 nitrogen and oxygen atoms in total. The van der Waals surface area contributed by atoms with Crippen molar-refractivity contribution in [1.29, 1.82) is 0 Å². The third-order valence-electron chi connectivity index (χ3n) is 6.25. The third kappa shape index (κ3) is 5.75. The number of ether oxygens (including phenoxy) is 1. The SMILES string of the molecule is CCCCOc1cccc(C2C(=C(O)c3ccncc3)C(=O)C(=O)N2c2nnc(SCc3ccccc3F)s2)c1. The van der Waals surface area contributed by atoms with Crippen LogP contribution in [0.25, 0.3) is 5.76 Å². The largest absolute Gasteiger partial charge is 0.507 e. The number of ketones is 1. The van der Waals surface area contributed by atoms with Gasteiger partial charge >= 0.3 is 5.91 Å². The van der Waals surface area contributed by atoms with Gasteiger partial charge in [0, 0.05) is 23.7 Å². The van der Waals surface area contributed by atoms with Crippen molar-refractivity contribution in [2.75, 3.05) is 11.5 Å². The number of aromatic nitrogens is 3. The second kappa shape index (κ2) is 12.4. The number of hydrogen-bond acceptors (Lipinski definition) is 9. The molecule has 1 fully saturated rings. The molecule has 3 heterocycles. The molecule has 0 spiro atoms. The number of Topliss-reactive ketones (excluding diaryl/α,β-unsaturated/α-hetero) is 1. The van der Waals surface area contributed by atoms with Crippen molar-refractivity contribution in [2.24, 2.45) is 0 Å². The van der Waals surface area contributed by atoms with Crippen LogP contribution in [0.4, 0.5) is 9.52 Å². The molecule has 1 aliphatic rings. The summed E-state index contributed by atoms with van der Waals surface area (Å²) in [5, 5.41) is 19.8. The third-order valence-corrected chi connectivity index (χ3v) is 8.35. The predicted molar refractivity (Wildman–Crippen MR) is 152 cm³/mol. The summed E-state index contributed by atoms with van der Waals surface area (Å²) < 4.78 is 20.5. The van der Waals surface area contributed by atoms with E-state index in [9.17, 15) is 19.1 Å². The second-order valence-electron chi connectivity index (χ2n) is 8.91. The van der Waals surface area contributed by atoms with Crippen molar-refractivity contribution in [1.82, 2.24) is 15.2 Å². The molecule has 0 aliphatic carbocycles. The average Bonchev–Trinajstić information content (AvgIpc) is 3.55. The minimum absolute atomic E-state index is 0.0716. The van der Waals surface area contributed by atoms with Crippen LogP contribution in [0.3, 0.4) is 0 Å². The maximum Gasteiger partial charge on any atom is 0.301 e. The van der Waals surface area contributed by atoms with Crippen LogP contribution in [0, 0.1) is 5.82 Å². The molecule has 11 heteroatoms. The Morgan fingerprint density at radius 2 is 1.90 bits per heavy atom. The maximum atomic E-state index is 14.1. The Morgan fingerprint density at radius 3 is 2.67 bits per heavy atom. The van der Waals surface area contributed by atoms with Crippen LogP contribution in [0.2, 0.25) is 0 Å². The van der Waals surface area contributed by atoms with Crippen molar-refractivity contribution in [2.45, 2.75) is 35.9 Å². The molecule has 0 saturated carbocycles. The first kappa shape index (κ1) is 27.5. The number of carbonyl (C=O) groups excluding carboxylic acids is 2. The molecule has 1 unspecified atom stereocenters. The van der Waals surface area contributed by atoms with Crippen LogP contribution >= 0.6 is 23.1 Å². The number of unbranched alkanes of at least 4 members (excludes halogenated alkanes) is 1. The van der Waals surface area contributed by atoms with Crippen LogP contribution in [-0.2, 0) is 15.3 Å². The average molecular weight is 577 g/mol. The molecule has 1 atom stereocenters. The normalized spacial score (nSPS) is 16.4. The van der Waals surface area contributed by atoms with E-state index >= 15 is 0 Å². The number of pyridine rings is 1. The number of thioether (sulfide) groups is 1. The van der Waals surface area contributed by atoms with Gasteiger partial charge in [0.1, 0.15) is 17.3 Å². The molecule has 40 heavy (non-hydrogen) atoms. The lowest BCUT2D eigenvalue weighted by molar-refractivity contribution is -0.132. The van der Waals surface area contributed by atoms with E-state index in [4.69, 9.17) is 4.74 Å². The van der Waals surface area contributed by atoms with Gasteiger partial charge in [0.25, 0.3) is 5.78 Å². The number of anilines is 1. The molecule has 1 saturated heterocycles. The first-order chi connectivity index (χ1) is 19.5. The highest BCUT2D eigenvalue weighted by Gasteiger charge is 2.48. The van der Waals surface area contributed by atoms with Crippen LogP contribution in [0.1, 0.15) is 42.5 Å². The summed E-state index contributed by atoms with van der Waals surface area (Å²) in [7, 11) is 0. The van der Waals surface area contributed by atoms with Gasteiger partial charge in [0.05, 0.1) is 18.2 Å². The molecule has 5 rings (SSSR count). The van der Waals surface area contributed by atoms with Crippen LogP contribution in [-0.4, -0.2) is 38.6 Å². The Hall–Kier alpha value is -4.09. The number of rotatable bonds is 10. The lowest BCUT2D eigenvalue weighted by Crippen LogP contribution is -2.29. The fourth-order valence-corrected chi connectivity index (χ4v) is 6.09. The standard InChI is InChI=1S/C29H25FN4O4S2/c1-2-3-15-38-21-9-6-8-19(16-21)24-23(25(35)18-11-13-31-14-12-18)26(36)27(37)34(24)28-32-33-29(40-28)39-17-20-7-4-5-10-22(20)30/h4-14,16,24,35H,2-3,15,17H2,1H3. The molecule has 2 aromatic heterocycles. The van der Waals surface area contributed by atoms with Gasteiger partial charge in [-0.15, -0.1) is 10.2 Å². The molecular formula is C29H25FN4O4S2. The summed E-state index contributed by atoms with van der Waals surface area (Å²) in [6.07, 6.45) is 4.83. The van der Waals surface area contributed by atoms with Gasteiger partial charge in [-0.3, -0.25) is 19.5 Å². The van der Waals surface area contributed by atoms with Crippen LogP contribution < -0.4 is 9.64 Å². The van der Waals surface area contributed by atoms with Gasteiger partial charge in [-0.05, 0) is 47.9 Å². The van der Waals surface area contributed by atoms with Crippen molar-refractivity contribution >= 4 is 45.7 Å². The lowest BCUT2D eigenvalue weighted by atomic mass is 9.95. The highest BCUT2D eigenvalue weighted by Crippen LogP contribution is 2.44. The lowest BCUT2D eigenvalue weighted by Gasteiger charge is -2.23. The summed E-state index contributed by atoms with van der Waals surface area (Å²) in [6.45, 7) is 2.59. The minimum atomic E-state index is -0.972. The molecule has 1 N–H and O–H groups in total. The van der Waals surface area contributed by atoms with E-state index < -0.39 is 17.7 Å². The number of benzene rings is 2. The molecule has 0 radical (unpaired) electrons. The molecule has 1 aliphatic heterocycles. The molecule has 1 amide bonds. The zero-order chi connectivity index (χ0) is 28.1. The second-order valence-corrected chi connectivity index (χ2v) is 11.1. The van der Waals surface area contributed by atoms with Gasteiger partial charge < -0.3 is 9.84 Å². The highest BCUT2D eigenvalue weighted by molar-refractivity contribution is 8.00. The highest BCUT2D eigenvalue weighted by atomic mass is 32.2. The van der Waals surface area contributed by atoms with Crippen molar-refractivity contribution in [3.8, 4) is 5.75 Å². The summed E-state index contributed by atoms with van der Waals surface area (Å²) in [5.74, 6) is -1.40. The fraction of sp³-hybridized carbons (Fsp3) is 0.207. The van der Waals surface area contributed by atoms with Gasteiger partial charge in [0.15, 0.2) is 4.34 Å². The quantitative estimate of drug-likeness (QED) is 0.0597.